The topological polar surface area (TPSA) is 40.9 Å². The molecule has 0 aliphatic rings. The Morgan fingerprint density at radius 2 is 1.35 bits per heavy atom. The van der Waals surface area contributed by atoms with E-state index in [2.05, 4.69) is 62.9 Å². The predicted octanol–water partition coefficient (Wildman–Crippen LogP) is 7.74. The van der Waals surface area contributed by atoms with Gasteiger partial charge in [-0.2, -0.15) is 5.26 Å². The summed E-state index contributed by atoms with van der Waals surface area (Å²) in [6, 6.07) is 28.3. The number of carbonyl (C=O) groups excluding carboxylic acids is 1. The lowest BCUT2D eigenvalue weighted by Gasteiger charge is -2.01. The first-order chi connectivity index (χ1) is 14.7. The van der Waals surface area contributed by atoms with Gasteiger partial charge in [0.05, 0.1) is 11.6 Å². The van der Waals surface area contributed by atoms with Crippen molar-refractivity contribution < 1.29 is 4.79 Å². The van der Waals surface area contributed by atoms with Crippen molar-refractivity contribution in [3.63, 3.8) is 0 Å². The summed E-state index contributed by atoms with van der Waals surface area (Å²) in [6.45, 7) is 15.2. The predicted molar refractivity (Wildman–Crippen MR) is 134 cm³/mol. The summed E-state index contributed by atoms with van der Waals surface area (Å²) in [5.74, 6) is 0.167. The van der Waals surface area contributed by atoms with Crippen LogP contribution in [0.2, 0.25) is 0 Å². The van der Waals surface area contributed by atoms with E-state index in [4.69, 9.17) is 5.26 Å². The minimum atomic E-state index is 0.167. The largest absolute Gasteiger partial charge is 0.300 e. The Hall–Kier alpha value is -3.44. The van der Waals surface area contributed by atoms with Gasteiger partial charge in [0.2, 0.25) is 0 Å². The first kappa shape index (κ1) is 27.6. The second-order valence-electron chi connectivity index (χ2n) is 7.38. The third-order valence-corrected chi connectivity index (χ3v) is 3.95. The molecule has 3 aromatic carbocycles. The van der Waals surface area contributed by atoms with E-state index < -0.39 is 0 Å². The van der Waals surface area contributed by atoms with Crippen molar-refractivity contribution >= 4 is 11.4 Å². The molecular weight excluding hydrogens is 378 g/mol. The van der Waals surface area contributed by atoms with Crippen LogP contribution < -0.4 is 0 Å². The number of carbonyl (C=O) groups is 1. The first-order valence-corrected chi connectivity index (χ1v) is 10.4. The van der Waals surface area contributed by atoms with Crippen molar-refractivity contribution in [3.05, 3.63) is 113 Å². The average Bonchev–Trinajstić information content (AvgIpc) is 2.75. The van der Waals surface area contributed by atoms with Crippen LogP contribution in [0.3, 0.4) is 0 Å². The minimum absolute atomic E-state index is 0.167. The third-order valence-electron chi connectivity index (χ3n) is 3.95. The standard InChI is InChI=1S/C11H14.C8H7N.C7H8.C3H6O/c1-4-10-6-5-7-11(8-10)9(2)3;1-7-2-4-8(6-9)5-3-7;1-7-5-3-2-4-6-7;1-3(2)4/h5-8H,2,4H2,1,3H3;2-5H,1H3;2-6H,1H3;1-2H3. The molecule has 0 atom stereocenters. The molecule has 0 saturated carbocycles. The fourth-order valence-electron chi connectivity index (χ4n) is 2.22. The number of nitrogens with zero attached hydrogens (tertiary/aromatic N) is 1. The Morgan fingerprint density at radius 3 is 1.74 bits per heavy atom. The molecule has 0 amide bonds. The van der Waals surface area contributed by atoms with Crippen LogP contribution >= 0.6 is 0 Å². The molecule has 2 nitrogen and oxygen atoms in total. The van der Waals surface area contributed by atoms with Gasteiger partial charge in [0.25, 0.3) is 0 Å². The highest BCUT2D eigenvalue weighted by Crippen LogP contribution is 2.13. The molecule has 0 bridgehead atoms. The molecule has 2 heteroatoms. The summed E-state index contributed by atoms with van der Waals surface area (Å²) in [4.78, 5) is 9.44. The van der Waals surface area contributed by atoms with E-state index in [9.17, 15) is 4.79 Å². The van der Waals surface area contributed by atoms with Crippen LogP contribution in [0, 0.1) is 25.2 Å². The van der Waals surface area contributed by atoms with Crippen LogP contribution in [0.1, 0.15) is 55.5 Å². The number of aryl methyl sites for hydroxylation is 3. The summed E-state index contributed by atoms with van der Waals surface area (Å²) < 4.78 is 0. The van der Waals surface area contributed by atoms with Gasteiger partial charge in [-0.25, -0.2) is 0 Å². The molecule has 0 fully saturated rings. The molecule has 0 aromatic heterocycles. The SMILES string of the molecule is C=C(C)c1cccc(CC)c1.CC(C)=O.Cc1ccc(C#N)cc1.Cc1ccccc1. The Bertz CT molecular complexity index is 944. The molecule has 3 rings (SSSR count). The molecule has 3 aromatic rings. The summed E-state index contributed by atoms with van der Waals surface area (Å²) in [5.41, 5.74) is 7.01. The molecule has 0 unspecified atom stereocenters. The van der Waals surface area contributed by atoms with Gasteiger partial charge in [0, 0.05) is 0 Å². The number of hydrogen-bond donors (Lipinski definition) is 0. The van der Waals surface area contributed by atoms with Crippen LogP contribution in [0.5, 0.6) is 0 Å². The number of allylic oxidation sites excluding steroid dienone is 1. The number of nitriles is 1. The van der Waals surface area contributed by atoms with Gasteiger partial charge in [0.15, 0.2) is 0 Å². The van der Waals surface area contributed by atoms with Crippen molar-refractivity contribution in [2.75, 3.05) is 0 Å². The van der Waals surface area contributed by atoms with Crippen molar-refractivity contribution in [3.8, 4) is 6.07 Å². The molecular formula is C29H35NO. The van der Waals surface area contributed by atoms with Crippen molar-refractivity contribution in [2.45, 2.75) is 48.0 Å². The summed E-state index contributed by atoms with van der Waals surface area (Å²) in [7, 11) is 0. The van der Waals surface area contributed by atoms with E-state index in [1.54, 1.807) is 0 Å². The highest BCUT2D eigenvalue weighted by Gasteiger charge is 1.93. The molecule has 0 aliphatic heterocycles. The van der Waals surface area contributed by atoms with Crippen LogP contribution in [0.15, 0.2) is 85.4 Å². The second-order valence-corrected chi connectivity index (χ2v) is 7.38. The lowest BCUT2D eigenvalue weighted by atomic mass is 10.0. The van der Waals surface area contributed by atoms with Gasteiger partial charge in [-0.15, -0.1) is 0 Å². The maximum Gasteiger partial charge on any atom is 0.126 e. The zero-order valence-corrected chi connectivity index (χ0v) is 19.8. The second kappa shape index (κ2) is 16.4. The maximum atomic E-state index is 9.44. The molecule has 162 valence electrons. The van der Waals surface area contributed by atoms with Crippen LogP contribution in [0.4, 0.5) is 0 Å². The number of Topliss-reactive ketones (excluding diaryl/α,β-unsaturated/α-hetero) is 1. The van der Waals surface area contributed by atoms with Crippen LogP contribution in [0.25, 0.3) is 5.57 Å². The molecule has 0 spiro atoms. The van der Waals surface area contributed by atoms with Gasteiger partial charge < -0.3 is 4.79 Å². The van der Waals surface area contributed by atoms with Gasteiger partial charge in [-0.3, -0.25) is 0 Å². The fraction of sp³-hybridized carbons (Fsp3) is 0.241. The summed E-state index contributed by atoms with van der Waals surface area (Å²) in [5, 5.41) is 8.38. The van der Waals surface area contributed by atoms with E-state index in [-0.39, 0.29) is 5.78 Å². The Labute approximate surface area is 188 Å². The minimum Gasteiger partial charge on any atom is -0.300 e. The number of rotatable bonds is 2. The lowest BCUT2D eigenvalue weighted by Crippen LogP contribution is -1.82. The van der Waals surface area contributed by atoms with Gasteiger partial charge in [-0.05, 0) is 64.3 Å². The van der Waals surface area contributed by atoms with Crippen molar-refractivity contribution in [1.82, 2.24) is 0 Å². The number of benzene rings is 3. The molecule has 0 aliphatic carbocycles. The maximum absolute atomic E-state index is 9.44. The smallest absolute Gasteiger partial charge is 0.126 e. The molecule has 0 heterocycles. The molecule has 31 heavy (non-hydrogen) atoms. The summed E-state index contributed by atoms with van der Waals surface area (Å²) in [6.07, 6.45) is 1.10. The van der Waals surface area contributed by atoms with E-state index in [0.717, 1.165) is 17.6 Å². The van der Waals surface area contributed by atoms with Crippen molar-refractivity contribution in [1.29, 1.82) is 5.26 Å². The quantitative estimate of drug-likeness (QED) is 0.431. The Kier molecular flexibility index (Phi) is 14.6. The monoisotopic (exact) mass is 413 g/mol. The summed E-state index contributed by atoms with van der Waals surface area (Å²) >= 11 is 0. The van der Waals surface area contributed by atoms with E-state index in [0.29, 0.717) is 0 Å². The third kappa shape index (κ3) is 15.1. The van der Waals surface area contributed by atoms with Crippen molar-refractivity contribution in [2.24, 2.45) is 0 Å². The number of ketones is 1. The van der Waals surface area contributed by atoms with E-state index >= 15 is 0 Å². The normalized spacial score (nSPS) is 8.68. The molecule has 0 saturated heterocycles. The van der Waals surface area contributed by atoms with Crippen LogP contribution in [-0.4, -0.2) is 5.78 Å². The Balaban J connectivity index is 0.000000409. The lowest BCUT2D eigenvalue weighted by molar-refractivity contribution is -0.114. The van der Waals surface area contributed by atoms with Gasteiger partial charge in [0.1, 0.15) is 5.78 Å². The zero-order valence-electron chi connectivity index (χ0n) is 19.8. The van der Waals surface area contributed by atoms with Crippen LogP contribution in [-0.2, 0) is 11.2 Å². The molecule has 0 radical (unpaired) electrons. The zero-order chi connectivity index (χ0) is 23.6. The van der Waals surface area contributed by atoms with E-state index in [1.807, 2.05) is 56.3 Å². The highest BCUT2D eigenvalue weighted by molar-refractivity contribution is 5.72. The number of hydrogen-bond acceptors (Lipinski definition) is 2. The Morgan fingerprint density at radius 1 is 0.839 bits per heavy atom. The average molecular weight is 414 g/mol. The van der Waals surface area contributed by atoms with Gasteiger partial charge in [-0.1, -0.05) is 96.9 Å². The van der Waals surface area contributed by atoms with E-state index in [1.165, 1.54) is 36.1 Å². The fourth-order valence-corrected chi connectivity index (χ4v) is 2.22. The first-order valence-electron chi connectivity index (χ1n) is 10.4. The highest BCUT2D eigenvalue weighted by atomic mass is 16.1. The van der Waals surface area contributed by atoms with Gasteiger partial charge >= 0.3 is 0 Å². The molecule has 0 N–H and O–H groups in total.